The van der Waals surface area contributed by atoms with Gasteiger partial charge >= 0.3 is 0 Å². The number of hydrogen-bond acceptors (Lipinski definition) is 4. The summed E-state index contributed by atoms with van der Waals surface area (Å²) in [6.45, 7) is 5.20. The van der Waals surface area contributed by atoms with E-state index < -0.39 is 0 Å². The van der Waals surface area contributed by atoms with Crippen molar-refractivity contribution in [1.29, 1.82) is 0 Å². The van der Waals surface area contributed by atoms with Crippen LogP contribution in [-0.4, -0.2) is 23.7 Å². The Bertz CT molecular complexity index is 500. The predicted molar refractivity (Wildman–Crippen MR) is 89.3 cm³/mol. The van der Waals surface area contributed by atoms with Gasteiger partial charge < -0.3 is 4.74 Å². The molecule has 1 spiro atoms. The Morgan fingerprint density at radius 1 is 1.43 bits per heavy atom. The molecule has 2 heterocycles. The zero-order valence-electron chi connectivity index (χ0n) is 13.0. The van der Waals surface area contributed by atoms with Crippen molar-refractivity contribution >= 4 is 11.8 Å². The average Bonchev–Trinajstić information content (AvgIpc) is 2.90. The maximum atomic E-state index is 6.15. The molecule has 21 heavy (non-hydrogen) atoms. The number of hydrazine groups is 1. The van der Waals surface area contributed by atoms with Crippen LogP contribution in [0, 0.1) is 19.8 Å². The van der Waals surface area contributed by atoms with Crippen molar-refractivity contribution in [3.8, 4) is 0 Å². The Kier molecular flexibility index (Phi) is 4.60. The first-order chi connectivity index (χ1) is 10.1. The maximum Gasteiger partial charge on any atom is 0.0783 e. The Morgan fingerprint density at radius 3 is 2.95 bits per heavy atom. The molecule has 116 valence electrons. The van der Waals surface area contributed by atoms with Gasteiger partial charge in [0.05, 0.1) is 5.60 Å². The minimum absolute atomic E-state index is 0.112. The van der Waals surface area contributed by atoms with Crippen molar-refractivity contribution in [2.24, 2.45) is 11.8 Å². The molecule has 0 bridgehead atoms. The van der Waals surface area contributed by atoms with Gasteiger partial charge in [-0.2, -0.15) is 11.8 Å². The molecule has 2 aliphatic heterocycles. The Hall–Kier alpha value is -0.550. The summed E-state index contributed by atoms with van der Waals surface area (Å²) >= 11 is 2.03. The van der Waals surface area contributed by atoms with Crippen LogP contribution >= 0.6 is 11.8 Å². The normalized spacial score (nSPS) is 30.7. The van der Waals surface area contributed by atoms with E-state index in [1.54, 1.807) is 0 Å². The molecule has 1 aromatic carbocycles. The number of thioether (sulfide) groups is 1. The first-order valence-corrected chi connectivity index (χ1v) is 9.04. The van der Waals surface area contributed by atoms with Gasteiger partial charge in [0, 0.05) is 18.4 Å². The fraction of sp³-hybridized carbons (Fsp3) is 0.647. The Labute approximate surface area is 132 Å². The lowest BCUT2D eigenvalue weighted by Gasteiger charge is -2.41. The lowest BCUT2D eigenvalue weighted by Crippen LogP contribution is -2.45. The number of rotatable bonds is 3. The van der Waals surface area contributed by atoms with Gasteiger partial charge in [0.15, 0.2) is 0 Å². The van der Waals surface area contributed by atoms with E-state index in [0.717, 1.165) is 25.2 Å². The quantitative estimate of drug-likeness (QED) is 0.665. The molecule has 3 atom stereocenters. The summed E-state index contributed by atoms with van der Waals surface area (Å²) in [5, 5.41) is 0. The van der Waals surface area contributed by atoms with Crippen molar-refractivity contribution in [3.05, 3.63) is 34.9 Å². The van der Waals surface area contributed by atoms with Gasteiger partial charge in [0.2, 0.25) is 0 Å². The Balaban J connectivity index is 1.82. The van der Waals surface area contributed by atoms with E-state index in [1.807, 2.05) is 11.8 Å². The maximum absolute atomic E-state index is 6.15. The third kappa shape index (κ3) is 3.14. The monoisotopic (exact) mass is 306 g/mol. The summed E-state index contributed by atoms with van der Waals surface area (Å²) in [6.07, 6.45) is 3.41. The zero-order valence-corrected chi connectivity index (χ0v) is 13.8. The van der Waals surface area contributed by atoms with E-state index in [0.29, 0.717) is 5.92 Å². The van der Waals surface area contributed by atoms with Crippen molar-refractivity contribution < 1.29 is 4.74 Å². The minimum Gasteiger partial charge on any atom is -0.374 e. The van der Waals surface area contributed by atoms with Crippen LogP contribution in [0.2, 0.25) is 0 Å². The number of ether oxygens (including phenoxy) is 1. The van der Waals surface area contributed by atoms with E-state index in [9.17, 15) is 0 Å². The number of aryl methyl sites for hydroxylation is 2. The number of nitrogens with one attached hydrogen (secondary N) is 1. The SMILES string of the molecule is Cc1ccc(C(NN)C2CCOC3(CCSC3)C2)c(C)c1. The highest BCUT2D eigenvalue weighted by Crippen LogP contribution is 2.44. The average molecular weight is 306 g/mol. The largest absolute Gasteiger partial charge is 0.374 e. The first-order valence-electron chi connectivity index (χ1n) is 7.88. The molecule has 3 rings (SSSR count). The van der Waals surface area contributed by atoms with Gasteiger partial charge in [0.1, 0.15) is 0 Å². The van der Waals surface area contributed by atoms with Crippen LogP contribution in [0.1, 0.15) is 42.0 Å². The van der Waals surface area contributed by atoms with E-state index in [4.69, 9.17) is 10.6 Å². The molecule has 0 aromatic heterocycles. The van der Waals surface area contributed by atoms with Crippen LogP contribution in [0.15, 0.2) is 18.2 Å². The van der Waals surface area contributed by atoms with E-state index in [-0.39, 0.29) is 11.6 Å². The highest BCUT2D eigenvalue weighted by atomic mass is 32.2. The van der Waals surface area contributed by atoms with E-state index in [1.165, 1.54) is 28.9 Å². The lowest BCUT2D eigenvalue weighted by atomic mass is 9.78. The molecule has 0 saturated carbocycles. The van der Waals surface area contributed by atoms with Gasteiger partial charge in [-0.05, 0) is 55.9 Å². The summed E-state index contributed by atoms with van der Waals surface area (Å²) in [4.78, 5) is 0. The predicted octanol–water partition coefficient (Wildman–Crippen LogP) is 3.11. The number of benzene rings is 1. The molecule has 1 aromatic rings. The molecule has 3 unspecified atom stereocenters. The first kappa shape index (κ1) is 15.3. The molecule has 2 aliphatic rings. The highest BCUT2D eigenvalue weighted by Gasteiger charge is 2.42. The van der Waals surface area contributed by atoms with Crippen LogP contribution in [0.3, 0.4) is 0 Å². The topological polar surface area (TPSA) is 47.3 Å². The van der Waals surface area contributed by atoms with Crippen LogP contribution in [0.4, 0.5) is 0 Å². The second-order valence-electron chi connectivity index (χ2n) is 6.59. The van der Waals surface area contributed by atoms with Crippen molar-refractivity contribution in [2.75, 3.05) is 18.1 Å². The second-order valence-corrected chi connectivity index (χ2v) is 7.70. The van der Waals surface area contributed by atoms with Gasteiger partial charge in [-0.25, -0.2) is 0 Å². The summed E-state index contributed by atoms with van der Waals surface area (Å²) in [6, 6.07) is 6.91. The van der Waals surface area contributed by atoms with Crippen LogP contribution in [0.25, 0.3) is 0 Å². The molecule has 0 amide bonds. The number of hydrogen-bond donors (Lipinski definition) is 2. The summed E-state index contributed by atoms with van der Waals surface area (Å²) < 4.78 is 6.15. The third-order valence-corrected chi connectivity index (χ3v) is 6.23. The molecule has 3 N–H and O–H groups in total. The van der Waals surface area contributed by atoms with E-state index in [2.05, 4.69) is 37.5 Å². The molecule has 2 saturated heterocycles. The highest BCUT2D eigenvalue weighted by molar-refractivity contribution is 7.99. The molecule has 0 aliphatic carbocycles. The van der Waals surface area contributed by atoms with Crippen molar-refractivity contribution in [1.82, 2.24) is 5.43 Å². The van der Waals surface area contributed by atoms with E-state index >= 15 is 0 Å². The summed E-state index contributed by atoms with van der Waals surface area (Å²) in [7, 11) is 0. The third-order valence-electron chi connectivity index (χ3n) is 5.01. The van der Waals surface area contributed by atoms with Crippen LogP contribution < -0.4 is 11.3 Å². The second kappa shape index (κ2) is 6.29. The fourth-order valence-corrected chi connectivity index (χ4v) is 5.25. The fourth-order valence-electron chi connectivity index (χ4n) is 3.87. The lowest BCUT2D eigenvalue weighted by molar-refractivity contribution is -0.0854. The van der Waals surface area contributed by atoms with Crippen molar-refractivity contribution in [3.63, 3.8) is 0 Å². The molecule has 3 nitrogen and oxygen atoms in total. The molecule has 2 fully saturated rings. The molecule has 0 radical (unpaired) electrons. The van der Waals surface area contributed by atoms with Crippen LogP contribution in [0.5, 0.6) is 0 Å². The zero-order chi connectivity index (χ0) is 14.9. The summed E-state index contributed by atoms with van der Waals surface area (Å²) in [5.74, 6) is 8.87. The molecular formula is C17H26N2OS. The van der Waals surface area contributed by atoms with Gasteiger partial charge in [0.25, 0.3) is 0 Å². The van der Waals surface area contributed by atoms with Gasteiger partial charge in [-0.15, -0.1) is 0 Å². The smallest absolute Gasteiger partial charge is 0.0783 e. The Morgan fingerprint density at radius 2 is 2.29 bits per heavy atom. The molecular weight excluding hydrogens is 280 g/mol. The van der Waals surface area contributed by atoms with Gasteiger partial charge in [-0.3, -0.25) is 11.3 Å². The molecule has 4 heteroatoms. The summed E-state index contributed by atoms with van der Waals surface area (Å²) in [5.41, 5.74) is 7.19. The van der Waals surface area contributed by atoms with Crippen molar-refractivity contribution in [2.45, 2.75) is 44.8 Å². The number of nitrogens with two attached hydrogens (primary N) is 1. The van der Waals surface area contributed by atoms with Gasteiger partial charge in [-0.1, -0.05) is 23.8 Å². The van der Waals surface area contributed by atoms with Crippen LogP contribution in [-0.2, 0) is 4.74 Å². The minimum atomic E-state index is 0.112. The standard InChI is InChI=1S/C17H26N2OS/c1-12-3-4-15(13(2)9-12)16(19-18)14-5-7-20-17(10-14)6-8-21-11-17/h3-4,9,14,16,19H,5-8,10-11,18H2,1-2H3.